The van der Waals surface area contributed by atoms with E-state index in [-0.39, 0.29) is 74.6 Å². The Morgan fingerprint density at radius 3 is 1.94 bits per heavy atom. The SMILES string of the molecule is COc1ccc(/N=N/c2cc(OCCO)c(/N=N/c3c(SOOO)cc4cc(-n5nc(C(N)=O)c(/N=N/c6ccc(S(=O)(=O)O)cc6C(=O)O)c5O)ccc4c3O)cc2OCCO)c(S(=O)(=O)O)c1. The predicted molar refractivity (Wildman–Crippen MR) is 234 cm³/mol. The zero-order valence-electron chi connectivity index (χ0n) is 34.7. The van der Waals surface area contributed by atoms with E-state index >= 15 is 0 Å². The van der Waals surface area contributed by atoms with Crippen LogP contribution in [0.15, 0.2) is 118 Å². The predicted octanol–water partition coefficient (Wildman–Crippen LogP) is 6.15. The lowest BCUT2D eigenvalue weighted by Gasteiger charge is -2.13. The molecular formula is C38H33N9O19S3. The number of hydrogen-bond donors (Lipinski definition) is 9. The van der Waals surface area contributed by atoms with Gasteiger partial charge in [-0.2, -0.15) is 26.6 Å². The van der Waals surface area contributed by atoms with Crippen LogP contribution in [0.4, 0.5) is 34.1 Å². The van der Waals surface area contributed by atoms with Crippen molar-refractivity contribution in [1.82, 2.24) is 9.78 Å². The van der Waals surface area contributed by atoms with Gasteiger partial charge in [0.2, 0.25) is 5.88 Å². The van der Waals surface area contributed by atoms with E-state index in [1.807, 2.05) is 0 Å². The normalized spacial score (nSPS) is 12.1. The molecule has 0 bridgehead atoms. The summed E-state index contributed by atoms with van der Waals surface area (Å²) in [7, 11) is -8.35. The lowest BCUT2D eigenvalue weighted by atomic mass is 10.1. The zero-order valence-corrected chi connectivity index (χ0v) is 37.2. The molecule has 69 heavy (non-hydrogen) atoms. The minimum Gasteiger partial charge on any atom is -0.505 e. The fraction of sp³-hybridized carbons (Fsp3) is 0.132. The first-order valence-corrected chi connectivity index (χ1v) is 22.4. The maximum atomic E-state index is 12.4. The van der Waals surface area contributed by atoms with Gasteiger partial charge in [-0.1, -0.05) is 5.04 Å². The maximum Gasteiger partial charge on any atom is 0.338 e. The minimum atomic E-state index is -4.82. The largest absolute Gasteiger partial charge is 0.505 e. The quantitative estimate of drug-likeness (QED) is 0.0128. The second kappa shape index (κ2) is 21.5. The molecule has 0 aliphatic heterocycles. The van der Waals surface area contributed by atoms with Crippen LogP contribution in [0.1, 0.15) is 20.8 Å². The van der Waals surface area contributed by atoms with Crippen LogP contribution in [0.25, 0.3) is 16.5 Å². The van der Waals surface area contributed by atoms with Crippen molar-refractivity contribution in [2.24, 2.45) is 36.4 Å². The Labute approximate surface area is 390 Å². The third-order valence-corrected chi connectivity index (χ3v) is 11.3. The molecular weight excluding hydrogens is 983 g/mol. The monoisotopic (exact) mass is 1020 g/mol. The van der Waals surface area contributed by atoms with Gasteiger partial charge in [0.1, 0.15) is 63.8 Å². The molecule has 10 N–H and O–H groups in total. The van der Waals surface area contributed by atoms with Crippen molar-refractivity contribution in [2.75, 3.05) is 33.5 Å². The molecule has 0 saturated carbocycles. The summed E-state index contributed by atoms with van der Waals surface area (Å²) in [4.78, 5) is 22.8. The summed E-state index contributed by atoms with van der Waals surface area (Å²) in [6.07, 6.45) is 0. The molecule has 6 aromatic rings. The second-order valence-corrected chi connectivity index (χ2v) is 16.9. The summed E-state index contributed by atoms with van der Waals surface area (Å²) in [5, 5.41) is 92.4. The average molecular weight is 1020 g/mol. The number of hydrogen-bond acceptors (Lipinski definition) is 24. The molecule has 0 unspecified atom stereocenters. The van der Waals surface area contributed by atoms with Crippen LogP contribution < -0.4 is 19.9 Å². The van der Waals surface area contributed by atoms with Gasteiger partial charge in [0.05, 0.1) is 53.4 Å². The topological polar surface area (TPSA) is 428 Å². The molecule has 0 aliphatic carbocycles. The van der Waals surface area contributed by atoms with Crippen LogP contribution in [-0.4, -0.2) is 112 Å². The van der Waals surface area contributed by atoms with E-state index in [0.29, 0.717) is 18.1 Å². The maximum absolute atomic E-state index is 12.4. The number of nitrogens with two attached hydrogens (primary N) is 1. The number of fused-ring (bicyclic) bond motifs is 1. The fourth-order valence-corrected chi connectivity index (χ4v) is 7.56. The van der Waals surface area contributed by atoms with Crippen LogP contribution in [-0.2, 0) is 29.6 Å². The Bertz CT molecular complexity index is 3290. The van der Waals surface area contributed by atoms with Gasteiger partial charge in [-0.15, -0.1) is 35.0 Å². The van der Waals surface area contributed by atoms with Crippen molar-refractivity contribution in [3.05, 3.63) is 84.1 Å². The number of aromatic nitrogens is 2. The van der Waals surface area contributed by atoms with Gasteiger partial charge in [-0.25, -0.2) is 10.1 Å². The molecule has 28 nitrogen and oxygen atoms in total. The van der Waals surface area contributed by atoms with Gasteiger partial charge in [0, 0.05) is 23.6 Å². The van der Waals surface area contributed by atoms with E-state index in [2.05, 4.69) is 45.2 Å². The molecule has 1 amide bonds. The lowest BCUT2D eigenvalue weighted by Crippen LogP contribution is -2.12. The number of aliphatic hydroxyl groups is 2. The fourth-order valence-electron chi connectivity index (χ4n) is 5.92. The van der Waals surface area contributed by atoms with Gasteiger partial charge in [0.15, 0.2) is 17.1 Å². The number of methoxy groups -OCH3 is 1. The van der Waals surface area contributed by atoms with Crippen LogP contribution in [0.3, 0.4) is 0 Å². The van der Waals surface area contributed by atoms with Gasteiger partial charge in [-0.05, 0) is 60.0 Å². The number of carbonyl (C=O) groups excluding carboxylic acids is 1. The highest BCUT2D eigenvalue weighted by molar-refractivity contribution is 7.94. The number of rotatable bonds is 21. The van der Waals surface area contributed by atoms with E-state index < -0.39 is 89.4 Å². The summed E-state index contributed by atoms with van der Waals surface area (Å²) >= 11 is 0.333. The van der Waals surface area contributed by atoms with Crippen LogP contribution in [0.2, 0.25) is 0 Å². The average Bonchev–Trinajstić information content (AvgIpc) is 3.65. The van der Waals surface area contributed by atoms with Crippen molar-refractivity contribution in [2.45, 2.75) is 14.7 Å². The number of benzene rings is 5. The number of primary amides is 1. The molecule has 0 spiro atoms. The third-order valence-electron chi connectivity index (χ3n) is 8.96. The van der Waals surface area contributed by atoms with Crippen molar-refractivity contribution in [1.29, 1.82) is 0 Å². The van der Waals surface area contributed by atoms with Gasteiger partial charge < -0.3 is 45.5 Å². The number of amides is 1. The smallest absolute Gasteiger partial charge is 0.338 e. The standard InChI is InChI=1S/C38H33N9O19S3/c1-62-20-3-6-25(31(14-20)69(59,60)61)41-42-26-16-29(64-11-9-49)27(17-28(26)63-10-8-48)43-44-32-30(67-66-65-55)13-18-12-19(2-5-22(18)35(32)50)47-37(52)34(33(46-47)36(39)51)45-40-24-7-4-21(68(56,57)58)15-23(24)38(53)54/h2-7,12-17,48-50,52,55H,8-11H2,1H3,(H2,39,51)(H,53,54)(H,56,57,58)(H,59,60,61)/b42-41+,44-43+,45-40+. The molecule has 31 heteroatoms. The number of azo groups is 3. The number of carboxylic acid groups (broad SMARTS) is 1. The number of ether oxygens (including phenoxy) is 3. The number of nitrogens with zero attached hydrogens (tertiary/aromatic N) is 8. The highest BCUT2D eigenvalue weighted by Crippen LogP contribution is 2.47. The molecule has 0 atom stereocenters. The molecule has 0 aliphatic rings. The Morgan fingerprint density at radius 1 is 0.754 bits per heavy atom. The summed E-state index contributed by atoms with van der Waals surface area (Å²) < 4.78 is 88.3. The number of phenolic OH excluding ortho intramolecular Hbond substituents is 1. The highest BCUT2D eigenvalue weighted by Gasteiger charge is 2.25. The van der Waals surface area contributed by atoms with Crippen LogP contribution in [0, 0.1) is 0 Å². The summed E-state index contributed by atoms with van der Waals surface area (Å²) in [5.41, 5.74) is 2.13. The van der Waals surface area contributed by atoms with E-state index in [4.69, 9.17) is 25.2 Å². The van der Waals surface area contributed by atoms with Crippen LogP contribution in [0.5, 0.6) is 28.9 Å². The van der Waals surface area contributed by atoms with Crippen molar-refractivity contribution in [3.63, 3.8) is 0 Å². The first-order chi connectivity index (χ1) is 32.8. The molecule has 0 saturated heterocycles. The molecule has 5 aromatic carbocycles. The van der Waals surface area contributed by atoms with E-state index in [9.17, 15) is 61.1 Å². The molecule has 362 valence electrons. The van der Waals surface area contributed by atoms with E-state index in [1.165, 1.54) is 55.6 Å². The second-order valence-electron chi connectivity index (χ2n) is 13.3. The number of carbonyl (C=O) groups is 2. The van der Waals surface area contributed by atoms with Gasteiger partial charge >= 0.3 is 5.97 Å². The zero-order chi connectivity index (χ0) is 50.2. The Kier molecular flexibility index (Phi) is 15.8. The van der Waals surface area contributed by atoms with Gasteiger partial charge in [0.25, 0.3) is 26.1 Å². The molecule has 1 aromatic heterocycles. The Balaban J connectivity index is 1.42. The van der Waals surface area contributed by atoms with Crippen molar-refractivity contribution >= 4 is 89.1 Å². The molecule has 6 rings (SSSR count). The first kappa shape index (κ1) is 50.7. The minimum absolute atomic E-state index is 0.00347. The first-order valence-electron chi connectivity index (χ1n) is 18.8. The summed E-state index contributed by atoms with van der Waals surface area (Å²) in [6.45, 7) is -1.56. The van der Waals surface area contributed by atoms with E-state index in [0.717, 1.165) is 22.9 Å². The van der Waals surface area contributed by atoms with Crippen molar-refractivity contribution in [3.8, 4) is 34.6 Å². The number of aromatic carboxylic acids is 1. The molecule has 0 fully saturated rings. The number of phenols is 1. The number of carboxylic acids is 1. The summed E-state index contributed by atoms with van der Waals surface area (Å²) in [6, 6.07) is 13.7. The summed E-state index contributed by atoms with van der Waals surface area (Å²) in [5.74, 6) is -4.45. The molecule has 0 radical (unpaired) electrons. The van der Waals surface area contributed by atoms with Gasteiger partial charge in [-0.3, -0.25) is 13.9 Å². The van der Waals surface area contributed by atoms with Crippen molar-refractivity contribution < 1.29 is 89.9 Å². The highest BCUT2D eigenvalue weighted by atomic mass is 32.2. The third kappa shape index (κ3) is 11.7. The Hall–Kier alpha value is -7.72. The lowest BCUT2D eigenvalue weighted by molar-refractivity contribution is -0.432. The van der Waals surface area contributed by atoms with Crippen LogP contribution >= 0.6 is 12.0 Å². The number of aliphatic hydroxyl groups excluding tert-OH is 2. The molecule has 1 heterocycles. The number of aromatic hydroxyl groups is 2. The Morgan fingerprint density at radius 2 is 1.36 bits per heavy atom. The van der Waals surface area contributed by atoms with E-state index in [1.54, 1.807) is 0 Å².